The summed E-state index contributed by atoms with van der Waals surface area (Å²) < 4.78 is 5.34. The molecule has 3 amide bonds. The second-order valence-corrected chi connectivity index (χ2v) is 9.16. The largest absolute Gasteiger partial charge is 0.397 e. The Kier molecular flexibility index (Phi) is 6.14. The maximum Gasteiger partial charge on any atom is 0.261 e. The monoisotopic (exact) mass is 476 g/mol. The zero-order valence-electron chi connectivity index (χ0n) is 18.5. The van der Waals surface area contributed by atoms with E-state index in [1.54, 1.807) is 29.5 Å². The smallest absolute Gasteiger partial charge is 0.261 e. The number of hydrogen-bond acceptors (Lipinski definition) is 7. The van der Waals surface area contributed by atoms with E-state index >= 15 is 0 Å². The van der Waals surface area contributed by atoms with Crippen molar-refractivity contribution in [1.82, 2.24) is 9.80 Å². The molecule has 2 aliphatic heterocycles. The number of nitrogens with one attached hydrogen (secondary N) is 1. The number of anilines is 2. The number of nitrogens with two attached hydrogens (primary N) is 1. The highest BCUT2D eigenvalue weighted by Crippen LogP contribution is 2.31. The number of thiophene rings is 1. The summed E-state index contributed by atoms with van der Waals surface area (Å²) in [5.41, 5.74) is 8.82. The van der Waals surface area contributed by atoms with E-state index in [0.717, 1.165) is 23.5 Å². The number of carbonyl (C=O) groups excluding carboxylic acids is 3. The molecule has 2 aliphatic rings. The third kappa shape index (κ3) is 4.33. The first-order chi connectivity index (χ1) is 16.5. The summed E-state index contributed by atoms with van der Waals surface area (Å²) in [5.74, 6) is -1.10. The van der Waals surface area contributed by atoms with Gasteiger partial charge in [0.25, 0.3) is 17.7 Å². The van der Waals surface area contributed by atoms with Gasteiger partial charge in [-0.1, -0.05) is 12.1 Å². The Labute approximate surface area is 200 Å². The van der Waals surface area contributed by atoms with Crippen LogP contribution in [0.5, 0.6) is 0 Å². The maximum absolute atomic E-state index is 13.0. The van der Waals surface area contributed by atoms with Crippen molar-refractivity contribution in [3.8, 4) is 10.4 Å². The molecule has 8 nitrogen and oxygen atoms in total. The lowest BCUT2D eigenvalue weighted by Crippen LogP contribution is -2.42. The number of fused-ring (bicyclic) bond motifs is 1. The van der Waals surface area contributed by atoms with E-state index in [9.17, 15) is 14.4 Å². The van der Waals surface area contributed by atoms with Crippen LogP contribution in [0.25, 0.3) is 10.4 Å². The second kappa shape index (κ2) is 9.38. The lowest BCUT2D eigenvalue weighted by molar-refractivity contribution is 0.0325. The molecule has 2 aromatic carbocycles. The average Bonchev–Trinajstić information content (AvgIpc) is 3.47. The fourth-order valence-corrected chi connectivity index (χ4v) is 4.88. The van der Waals surface area contributed by atoms with Crippen molar-refractivity contribution in [3.63, 3.8) is 0 Å². The highest BCUT2D eigenvalue weighted by molar-refractivity contribution is 7.13. The van der Waals surface area contributed by atoms with Crippen LogP contribution in [0.2, 0.25) is 0 Å². The van der Waals surface area contributed by atoms with E-state index < -0.39 is 5.91 Å². The van der Waals surface area contributed by atoms with E-state index in [2.05, 4.69) is 10.2 Å². The molecule has 3 heterocycles. The third-order valence-electron chi connectivity index (χ3n) is 6.08. The zero-order chi connectivity index (χ0) is 23.7. The molecule has 3 N–H and O–H groups in total. The summed E-state index contributed by atoms with van der Waals surface area (Å²) in [6.45, 7) is 3.78. The normalized spacial score (nSPS) is 16.1. The van der Waals surface area contributed by atoms with Crippen molar-refractivity contribution in [2.24, 2.45) is 0 Å². The van der Waals surface area contributed by atoms with Gasteiger partial charge >= 0.3 is 0 Å². The van der Waals surface area contributed by atoms with Crippen LogP contribution in [0.3, 0.4) is 0 Å². The first-order valence-electron chi connectivity index (χ1n) is 11.1. The van der Waals surface area contributed by atoms with Crippen LogP contribution in [-0.4, -0.2) is 66.9 Å². The molecular formula is C25H24N4O4S. The fraction of sp³-hybridized carbons (Fsp3) is 0.240. The van der Waals surface area contributed by atoms with Gasteiger partial charge in [-0.25, -0.2) is 0 Å². The Bertz CT molecular complexity index is 1250. The molecule has 1 fully saturated rings. The van der Waals surface area contributed by atoms with Crippen molar-refractivity contribution in [2.45, 2.75) is 0 Å². The average molecular weight is 477 g/mol. The Balaban J connectivity index is 1.31. The minimum absolute atomic E-state index is 0.250. The molecule has 174 valence electrons. The molecule has 3 aromatic rings. The molecule has 0 radical (unpaired) electrons. The summed E-state index contributed by atoms with van der Waals surface area (Å²) in [6.07, 6.45) is 0. The van der Waals surface area contributed by atoms with E-state index in [1.165, 1.54) is 11.0 Å². The number of ether oxygens (including phenoxy) is 1. The summed E-state index contributed by atoms with van der Waals surface area (Å²) in [7, 11) is 0. The predicted octanol–water partition coefficient (Wildman–Crippen LogP) is 3.18. The van der Waals surface area contributed by atoms with Crippen LogP contribution in [0.15, 0.2) is 53.9 Å². The van der Waals surface area contributed by atoms with Crippen LogP contribution >= 0.6 is 11.3 Å². The number of imide groups is 1. The number of nitrogens with zero attached hydrogens (tertiary/aromatic N) is 2. The lowest BCUT2D eigenvalue weighted by Gasteiger charge is -2.27. The SMILES string of the molecule is Nc1ccc(-c2cccs2)cc1NC(=O)c1ccc2c(c1)C(=O)N(CCN1CCOCC1)C2=O. The number of morpholine rings is 1. The molecule has 0 unspecified atom stereocenters. The molecule has 0 aliphatic carbocycles. The van der Waals surface area contributed by atoms with E-state index in [4.69, 9.17) is 10.5 Å². The molecule has 0 bridgehead atoms. The second-order valence-electron chi connectivity index (χ2n) is 8.21. The van der Waals surface area contributed by atoms with E-state index in [0.29, 0.717) is 43.2 Å². The van der Waals surface area contributed by atoms with E-state index in [-0.39, 0.29) is 22.9 Å². The van der Waals surface area contributed by atoms with Crippen molar-refractivity contribution in [2.75, 3.05) is 50.4 Å². The number of benzene rings is 2. The van der Waals surface area contributed by atoms with Crippen molar-refractivity contribution in [1.29, 1.82) is 0 Å². The number of amides is 3. The topological polar surface area (TPSA) is 105 Å². The number of carbonyl (C=O) groups is 3. The summed E-state index contributed by atoms with van der Waals surface area (Å²) in [5, 5.41) is 4.82. The standard InChI is InChI=1S/C25H24N4O4S/c26-20-6-4-16(22-2-1-13-34-22)15-21(20)27-23(30)17-3-5-18-19(14-17)25(32)29(24(18)31)8-7-28-9-11-33-12-10-28/h1-6,13-15H,7-12,26H2,(H,27,30). The molecule has 0 atom stereocenters. The van der Waals surface area contributed by atoms with Crippen LogP contribution in [0.1, 0.15) is 31.1 Å². The van der Waals surface area contributed by atoms with Gasteiger partial charge in [-0.2, -0.15) is 0 Å². The highest BCUT2D eigenvalue weighted by atomic mass is 32.1. The van der Waals surface area contributed by atoms with Gasteiger partial charge in [-0.15, -0.1) is 11.3 Å². The summed E-state index contributed by atoms with van der Waals surface area (Å²) >= 11 is 1.60. The van der Waals surface area contributed by atoms with Crippen LogP contribution in [0, 0.1) is 0 Å². The molecule has 0 saturated carbocycles. The third-order valence-corrected chi connectivity index (χ3v) is 7.00. The Hall–Kier alpha value is -3.53. The van der Waals surface area contributed by atoms with Crippen molar-refractivity contribution in [3.05, 3.63) is 70.6 Å². The quantitative estimate of drug-likeness (QED) is 0.418. The first kappa shape index (κ1) is 22.3. The summed E-state index contributed by atoms with van der Waals surface area (Å²) in [6, 6.07) is 14.0. The zero-order valence-corrected chi connectivity index (χ0v) is 19.3. The summed E-state index contributed by atoms with van der Waals surface area (Å²) in [4.78, 5) is 43.2. The lowest BCUT2D eigenvalue weighted by atomic mass is 10.0. The first-order valence-corrected chi connectivity index (χ1v) is 11.9. The van der Waals surface area contributed by atoms with Crippen molar-refractivity contribution < 1.29 is 19.1 Å². The van der Waals surface area contributed by atoms with Gasteiger partial charge < -0.3 is 15.8 Å². The van der Waals surface area contributed by atoms with Gasteiger partial charge in [0.15, 0.2) is 0 Å². The van der Waals surface area contributed by atoms with Gasteiger partial charge in [-0.3, -0.25) is 24.2 Å². The Morgan fingerprint density at radius 1 is 1.00 bits per heavy atom. The highest BCUT2D eigenvalue weighted by Gasteiger charge is 2.36. The minimum atomic E-state index is -0.398. The molecule has 1 aromatic heterocycles. The molecule has 5 rings (SSSR count). The number of nitrogen functional groups attached to an aromatic ring is 1. The van der Waals surface area contributed by atoms with Gasteiger partial charge in [0.1, 0.15) is 0 Å². The van der Waals surface area contributed by atoms with Crippen molar-refractivity contribution >= 4 is 40.4 Å². The maximum atomic E-state index is 13.0. The van der Waals surface area contributed by atoms with Gasteiger partial charge in [0.05, 0.1) is 35.7 Å². The predicted molar refractivity (Wildman–Crippen MR) is 131 cm³/mol. The Morgan fingerprint density at radius 2 is 1.79 bits per heavy atom. The van der Waals surface area contributed by atoms with Gasteiger partial charge in [-0.05, 0) is 47.3 Å². The molecule has 9 heteroatoms. The fourth-order valence-electron chi connectivity index (χ4n) is 4.16. The molecule has 0 spiro atoms. The molecule has 1 saturated heterocycles. The van der Waals surface area contributed by atoms with Crippen LogP contribution in [-0.2, 0) is 4.74 Å². The number of hydrogen-bond donors (Lipinski definition) is 2. The van der Waals surface area contributed by atoms with Gasteiger partial charge in [0, 0.05) is 36.6 Å². The molecular weight excluding hydrogens is 452 g/mol. The minimum Gasteiger partial charge on any atom is -0.397 e. The van der Waals surface area contributed by atoms with E-state index in [1.807, 2.05) is 29.6 Å². The van der Waals surface area contributed by atoms with Gasteiger partial charge in [0.2, 0.25) is 0 Å². The van der Waals surface area contributed by atoms with Crippen LogP contribution < -0.4 is 11.1 Å². The Morgan fingerprint density at radius 3 is 2.56 bits per heavy atom. The van der Waals surface area contributed by atoms with Crippen LogP contribution in [0.4, 0.5) is 11.4 Å². The number of rotatable bonds is 6. The molecule has 34 heavy (non-hydrogen) atoms.